The summed E-state index contributed by atoms with van der Waals surface area (Å²) in [5.41, 5.74) is 1.82. The van der Waals surface area contributed by atoms with Crippen LogP contribution in [-0.4, -0.2) is 34.9 Å². The highest BCUT2D eigenvalue weighted by atomic mass is 35.5. The lowest BCUT2D eigenvalue weighted by atomic mass is 9.96. The van der Waals surface area contributed by atoms with E-state index in [4.69, 9.17) is 0 Å². The number of carbonyl (C=O) groups excluding carboxylic acids is 1. The fraction of sp³-hybridized carbons (Fsp3) is 0.368. The van der Waals surface area contributed by atoms with Gasteiger partial charge in [0.25, 0.3) is 0 Å². The number of halogens is 2. The second kappa shape index (κ2) is 6.73. The van der Waals surface area contributed by atoms with E-state index < -0.39 is 5.54 Å². The van der Waals surface area contributed by atoms with E-state index in [1.165, 1.54) is 6.07 Å². The van der Waals surface area contributed by atoms with Crippen molar-refractivity contribution in [2.45, 2.75) is 30.8 Å². The fourth-order valence-electron chi connectivity index (χ4n) is 3.89. The molecule has 0 unspecified atom stereocenters. The van der Waals surface area contributed by atoms with Gasteiger partial charge in [-0.3, -0.25) is 15.1 Å². The zero-order valence-electron chi connectivity index (χ0n) is 14.0. The van der Waals surface area contributed by atoms with E-state index >= 15 is 0 Å². The third-order valence-electron chi connectivity index (χ3n) is 5.26. The summed E-state index contributed by atoms with van der Waals surface area (Å²) in [4.78, 5) is 18.7. The second-order valence-corrected chi connectivity index (χ2v) is 6.74. The molecule has 1 N–H and O–H groups in total. The predicted octanol–water partition coefficient (Wildman–Crippen LogP) is 3.33. The lowest BCUT2D eigenvalue weighted by Crippen LogP contribution is -2.47. The Balaban J connectivity index is 0.00000182. The molecule has 1 aromatic heterocycles. The number of hydrogen-bond acceptors (Lipinski definition) is 3. The minimum absolute atomic E-state index is 0. The van der Waals surface area contributed by atoms with E-state index in [0.717, 1.165) is 37.1 Å². The molecule has 0 saturated carbocycles. The highest BCUT2D eigenvalue weighted by Crippen LogP contribution is 2.39. The number of likely N-dealkylation sites (N-methyl/N-ethyl adjacent to an activating group) is 1. The van der Waals surface area contributed by atoms with Gasteiger partial charge in [-0.2, -0.15) is 0 Å². The summed E-state index contributed by atoms with van der Waals surface area (Å²) in [5.74, 6) is -0.0617. The van der Waals surface area contributed by atoms with Crippen LogP contribution in [0.5, 0.6) is 0 Å². The summed E-state index contributed by atoms with van der Waals surface area (Å²) in [6.45, 7) is 0.793. The van der Waals surface area contributed by atoms with Crippen LogP contribution >= 0.6 is 12.4 Å². The van der Waals surface area contributed by atoms with Crippen molar-refractivity contribution in [3.05, 3.63) is 54.1 Å². The molecule has 2 aliphatic heterocycles. The number of likely N-dealkylation sites (tertiary alicyclic amines) is 1. The van der Waals surface area contributed by atoms with Gasteiger partial charge in [0.15, 0.2) is 0 Å². The number of hydrogen-bond donors (Lipinski definition) is 1. The topological polar surface area (TPSA) is 45.2 Å². The highest BCUT2D eigenvalue weighted by Gasteiger charge is 2.50. The molecule has 1 spiro atoms. The van der Waals surface area contributed by atoms with Crippen LogP contribution in [0.2, 0.25) is 0 Å². The number of carbonyl (C=O) groups is 1. The molecule has 2 fully saturated rings. The number of amides is 1. The van der Waals surface area contributed by atoms with E-state index in [9.17, 15) is 9.18 Å². The first-order valence-electron chi connectivity index (χ1n) is 8.33. The van der Waals surface area contributed by atoms with Crippen LogP contribution in [-0.2, 0) is 4.79 Å². The summed E-state index contributed by atoms with van der Waals surface area (Å²) >= 11 is 0. The molecule has 1 amide bonds. The smallest absolute Gasteiger partial charge is 0.242 e. The van der Waals surface area contributed by atoms with Crippen LogP contribution < -0.4 is 5.32 Å². The Morgan fingerprint density at radius 3 is 2.80 bits per heavy atom. The quantitative estimate of drug-likeness (QED) is 0.892. The molecule has 2 aromatic rings. The lowest BCUT2D eigenvalue weighted by molar-refractivity contribution is -0.131. The van der Waals surface area contributed by atoms with Crippen molar-refractivity contribution in [1.29, 1.82) is 0 Å². The molecular weight excluding hydrogens is 341 g/mol. The molecule has 25 heavy (non-hydrogen) atoms. The Labute approximate surface area is 152 Å². The zero-order chi connectivity index (χ0) is 16.7. The Morgan fingerprint density at radius 1 is 1.28 bits per heavy atom. The van der Waals surface area contributed by atoms with Gasteiger partial charge in [0.05, 0.1) is 11.7 Å². The first-order chi connectivity index (χ1) is 11.6. The number of rotatable bonds is 2. The maximum absolute atomic E-state index is 14.0. The molecule has 1 aromatic carbocycles. The van der Waals surface area contributed by atoms with Crippen LogP contribution in [0.3, 0.4) is 0 Å². The largest absolute Gasteiger partial charge is 0.344 e. The molecule has 2 aliphatic rings. The third kappa shape index (κ3) is 3.02. The molecule has 2 atom stereocenters. The number of benzene rings is 1. The summed E-state index contributed by atoms with van der Waals surface area (Å²) in [6.07, 6.45) is 4.25. The number of nitrogens with one attached hydrogen (secondary N) is 1. The van der Waals surface area contributed by atoms with Gasteiger partial charge in [0.1, 0.15) is 11.4 Å². The summed E-state index contributed by atoms with van der Waals surface area (Å²) < 4.78 is 14.0. The van der Waals surface area contributed by atoms with Gasteiger partial charge in [-0.15, -0.1) is 12.4 Å². The van der Waals surface area contributed by atoms with Crippen molar-refractivity contribution in [3.63, 3.8) is 0 Å². The molecule has 132 valence electrons. The molecule has 4 rings (SSSR count). The summed E-state index contributed by atoms with van der Waals surface area (Å²) in [6, 6.07) is 10.5. The van der Waals surface area contributed by atoms with Crippen LogP contribution in [0.1, 0.15) is 31.0 Å². The molecule has 0 radical (unpaired) electrons. The van der Waals surface area contributed by atoms with E-state index in [-0.39, 0.29) is 30.2 Å². The molecule has 0 bridgehead atoms. The first kappa shape index (κ1) is 17.8. The van der Waals surface area contributed by atoms with Crippen LogP contribution in [0, 0.1) is 5.82 Å². The number of aromatic nitrogens is 1. The van der Waals surface area contributed by atoms with Crippen LogP contribution in [0.4, 0.5) is 4.39 Å². The molecule has 6 heteroatoms. The SMILES string of the molecule is CN1CC[C@@]2(CC[C@@H](c3cc(-c4ccccc4F)ccn3)N2)C1=O.Cl. The average Bonchev–Trinajstić information content (AvgIpc) is 3.16. The van der Waals surface area contributed by atoms with Crippen LogP contribution in [0.15, 0.2) is 42.6 Å². The third-order valence-corrected chi connectivity index (χ3v) is 5.26. The van der Waals surface area contributed by atoms with Gasteiger partial charge >= 0.3 is 0 Å². The van der Waals surface area contributed by atoms with Crippen LogP contribution in [0.25, 0.3) is 11.1 Å². The average molecular weight is 362 g/mol. The molecular formula is C19H21ClFN3O. The van der Waals surface area contributed by atoms with Crippen molar-refractivity contribution < 1.29 is 9.18 Å². The highest BCUT2D eigenvalue weighted by molar-refractivity contribution is 5.88. The Kier molecular flexibility index (Phi) is 4.80. The van der Waals surface area contributed by atoms with Crippen molar-refractivity contribution in [1.82, 2.24) is 15.2 Å². The van der Waals surface area contributed by atoms with Gasteiger partial charge in [-0.05, 0) is 43.0 Å². The minimum Gasteiger partial charge on any atom is -0.344 e. The van der Waals surface area contributed by atoms with Gasteiger partial charge in [-0.25, -0.2) is 4.39 Å². The van der Waals surface area contributed by atoms with Crippen molar-refractivity contribution in [2.24, 2.45) is 0 Å². The Bertz CT molecular complexity index is 800. The Hall–Kier alpha value is -1.98. The maximum Gasteiger partial charge on any atom is 0.242 e. The molecule has 2 saturated heterocycles. The zero-order valence-corrected chi connectivity index (χ0v) is 14.9. The van der Waals surface area contributed by atoms with E-state index in [1.54, 1.807) is 23.2 Å². The number of pyridine rings is 1. The van der Waals surface area contributed by atoms with Gasteiger partial charge < -0.3 is 4.90 Å². The van der Waals surface area contributed by atoms with Crippen molar-refractivity contribution >= 4 is 18.3 Å². The van der Waals surface area contributed by atoms with Gasteiger partial charge in [0.2, 0.25) is 5.91 Å². The fourth-order valence-corrected chi connectivity index (χ4v) is 3.89. The minimum atomic E-state index is -0.435. The normalized spacial score (nSPS) is 25.4. The molecule has 4 nitrogen and oxygen atoms in total. The maximum atomic E-state index is 14.0. The second-order valence-electron chi connectivity index (χ2n) is 6.74. The monoisotopic (exact) mass is 361 g/mol. The van der Waals surface area contributed by atoms with Gasteiger partial charge in [0, 0.05) is 25.4 Å². The first-order valence-corrected chi connectivity index (χ1v) is 8.33. The standard InChI is InChI=1S/C19H20FN3O.ClH/c1-23-11-9-19(18(23)24)8-6-16(22-19)17-12-13(7-10-21-17)14-4-2-3-5-15(14)20;/h2-5,7,10,12,16,22H,6,8-9,11H2,1H3;1H/t16-,19-;/m0./s1. The summed E-state index contributed by atoms with van der Waals surface area (Å²) in [5, 5.41) is 3.51. The molecule has 0 aliphatic carbocycles. The lowest BCUT2D eigenvalue weighted by Gasteiger charge is -2.23. The van der Waals surface area contributed by atoms with E-state index in [0.29, 0.717) is 5.56 Å². The predicted molar refractivity (Wildman–Crippen MR) is 97.0 cm³/mol. The number of nitrogens with zero attached hydrogens (tertiary/aromatic N) is 2. The van der Waals surface area contributed by atoms with E-state index in [2.05, 4.69) is 10.3 Å². The van der Waals surface area contributed by atoms with Crippen molar-refractivity contribution in [3.8, 4) is 11.1 Å². The summed E-state index contributed by atoms with van der Waals surface area (Å²) in [7, 11) is 1.85. The Morgan fingerprint density at radius 2 is 2.08 bits per heavy atom. The van der Waals surface area contributed by atoms with Crippen molar-refractivity contribution in [2.75, 3.05) is 13.6 Å². The molecule has 3 heterocycles. The van der Waals surface area contributed by atoms with E-state index in [1.807, 2.05) is 25.2 Å². The van der Waals surface area contributed by atoms with Gasteiger partial charge in [-0.1, -0.05) is 18.2 Å².